The minimum absolute atomic E-state index is 0. The number of hydrogen-bond acceptors (Lipinski definition) is 7. The number of hydrogen-bond donors (Lipinski definition) is 0. The van der Waals surface area contributed by atoms with E-state index in [-0.39, 0.29) is 42.1 Å². The van der Waals surface area contributed by atoms with E-state index in [0.717, 1.165) is 32.8 Å². The molecular weight excluding hydrogens is 323 g/mol. The van der Waals surface area contributed by atoms with Crippen LogP contribution in [0.25, 0.3) is 0 Å². The normalized spacial score (nSPS) is 13.6. The van der Waals surface area contributed by atoms with E-state index in [1.165, 1.54) is 0 Å². The molecule has 0 heterocycles. The van der Waals surface area contributed by atoms with Crippen molar-refractivity contribution in [3.8, 4) is 0 Å². The van der Waals surface area contributed by atoms with Crippen LogP contribution >= 0.6 is 0 Å². The largest absolute Gasteiger partial charge is 1.00 e. The maximum absolute atomic E-state index is 11.7. The summed E-state index contributed by atoms with van der Waals surface area (Å²) >= 11 is 0. The SMILES string of the molecule is CCCCC(CC)COC(=O)C(CC(=O)OC)S(=O)(=O)[O-].[Na+]. The van der Waals surface area contributed by atoms with E-state index in [1.807, 2.05) is 13.8 Å². The van der Waals surface area contributed by atoms with Crippen LogP contribution in [-0.2, 0) is 29.2 Å². The summed E-state index contributed by atoms with van der Waals surface area (Å²) in [5.41, 5.74) is 0. The van der Waals surface area contributed by atoms with Crippen molar-refractivity contribution in [1.29, 1.82) is 0 Å². The van der Waals surface area contributed by atoms with Crippen molar-refractivity contribution < 1.29 is 61.6 Å². The first kappa shape index (κ1) is 24.1. The van der Waals surface area contributed by atoms with Crippen LogP contribution in [0, 0.1) is 5.92 Å². The van der Waals surface area contributed by atoms with Crippen LogP contribution in [0.3, 0.4) is 0 Å². The molecule has 0 saturated carbocycles. The van der Waals surface area contributed by atoms with Crippen LogP contribution in [0.4, 0.5) is 0 Å². The zero-order valence-electron chi connectivity index (χ0n) is 13.7. The Labute approximate surface area is 154 Å². The fraction of sp³-hybridized carbons (Fsp3) is 0.846. The van der Waals surface area contributed by atoms with Gasteiger partial charge in [-0.15, -0.1) is 0 Å². The van der Waals surface area contributed by atoms with Gasteiger partial charge in [0.25, 0.3) is 0 Å². The Hall–Kier alpha value is -0.150. The maximum Gasteiger partial charge on any atom is 1.00 e. The van der Waals surface area contributed by atoms with Crippen LogP contribution in [0.1, 0.15) is 46.0 Å². The van der Waals surface area contributed by atoms with Crippen LogP contribution in [0.5, 0.6) is 0 Å². The summed E-state index contributed by atoms with van der Waals surface area (Å²) < 4.78 is 42.3. The zero-order chi connectivity index (χ0) is 16.5. The van der Waals surface area contributed by atoms with Gasteiger partial charge in [-0.25, -0.2) is 8.42 Å². The summed E-state index contributed by atoms with van der Waals surface area (Å²) in [6, 6.07) is 0. The summed E-state index contributed by atoms with van der Waals surface area (Å²) in [6.45, 7) is 4.02. The van der Waals surface area contributed by atoms with E-state index in [2.05, 4.69) is 4.74 Å². The summed E-state index contributed by atoms with van der Waals surface area (Å²) in [4.78, 5) is 22.8. The van der Waals surface area contributed by atoms with Gasteiger partial charge in [-0.1, -0.05) is 33.1 Å². The molecule has 0 rings (SSSR count). The molecule has 2 unspecified atom stereocenters. The average Bonchev–Trinajstić information content (AvgIpc) is 2.43. The molecule has 22 heavy (non-hydrogen) atoms. The van der Waals surface area contributed by atoms with E-state index in [4.69, 9.17) is 4.74 Å². The van der Waals surface area contributed by atoms with Crippen LogP contribution in [0.15, 0.2) is 0 Å². The van der Waals surface area contributed by atoms with Crippen LogP contribution < -0.4 is 29.6 Å². The van der Waals surface area contributed by atoms with Crippen molar-refractivity contribution in [1.82, 2.24) is 0 Å². The predicted molar refractivity (Wildman–Crippen MR) is 74.4 cm³/mol. The molecule has 0 spiro atoms. The zero-order valence-corrected chi connectivity index (χ0v) is 16.5. The molecule has 0 aromatic heterocycles. The van der Waals surface area contributed by atoms with E-state index in [1.54, 1.807) is 0 Å². The van der Waals surface area contributed by atoms with Gasteiger partial charge in [0.15, 0.2) is 5.25 Å². The average molecular weight is 346 g/mol. The van der Waals surface area contributed by atoms with Crippen molar-refractivity contribution in [2.45, 2.75) is 51.2 Å². The molecule has 0 N–H and O–H groups in total. The summed E-state index contributed by atoms with van der Waals surface area (Å²) in [7, 11) is -3.92. The van der Waals surface area contributed by atoms with Gasteiger partial charge in [-0.2, -0.15) is 0 Å². The second kappa shape index (κ2) is 12.3. The molecule has 2 atom stereocenters. The second-order valence-corrected chi connectivity index (χ2v) is 6.36. The molecule has 0 aromatic carbocycles. The number of carbonyl (C=O) groups excluding carboxylic acids is 2. The van der Waals surface area contributed by atoms with Gasteiger partial charge in [-0.3, -0.25) is 9.59 Å². The monoisotopic (exact) mass is 346 g/mol. The van der Waals surface area contributed by atoms with Gasteiger partial charge >= 0.3 is 41.5 Å². The van der Waals surface area contributed by atoms with Crippen molar-refractivity contribution in [2.24, 2.45) is 5.92 Å². The number of ether oxygens (including phenoxy) is 2. The van der Waals surface area contributed by atoms with Crippen LogP contribution in [0.2, 0.25) is 0 Å². The summed E-state index contributed by atoms with van der Waals surface area (Å²) in [6.07, 6.45) is 2.78. The smallest absolute Gasteiger partial charge is 0.747 e. The fourth-order valence-electron chi connectivity index (χ4n) is 1.73. The summed E-state index contributed by atoms with van der Waals surface area (Å²) in [5.74, 6) is -2.03. The maximum atomic E-state index is 11.7. The first-order valence-corrected chi connectivity index (χ1v) is 8.41. The Morgan fingerprint density at radius 1 is 1.23 bits per heavy atom. The van der Waals surface area contributed by atoms with Gasteiger partial charge in [0.05, 0.1) is 20.1 Å². The Morgan fingerprint density at radius 2 is 1.82 bits per heavy atom. The molecule has 0 radical (unpaired) electrons. The Balaban J connectivity index is 0. The van der Waals surface area contributed by atoms with E-state index in [0.29, 0.717) is 0 Å². The van der Waals surface area contributed by atoms with Gasteiger partial charge in [0.1, 0.15) is 10.1 Å². The number of carbonyl (C=O) groups is 2. The van der Waals surface area contributed by atoms with E-state index < -0.39 is 33.7 Å². The third kappa shape index (κ3) is 9.78. The molecule has 0 bridgehead atoms. The molecule has 0 aliphatic rings. The van der Waals surface area contributed by atoms with Crippen molar-refractivity contribution in [3.63, 3.8) is 0 Å². The first-order chi connectivity index (χ1) is 9.76. The summed E-state index contributed by atoms with van der Waals surface area (Å²) in [5, 5.41) is -2.05. The first-order valence-electron chi connectivity index (χ1n) is 6.94. The van der Waals surface area contributed by atoms with Gasteiger partial charge in [0, 0.05) is 0 Å². The number of methoxy groups -OCH3 is 1. The minimum atomic E-state index is -4.97. The van der Waals surface area contributed by atoms with Crippen LogP contribution in [-0.4, -0.2) is 43.9 Å². The van der Waals surface area contributed by atoms with Gasteiger partial charge < -0.3 is 14.0 Å². The molecule has 0 aliphatic heterocycles. The minimum Gasteiger partial charge on any atom is -0.747 e. The van der Waals surface area contributed by atoms with Gasteiger partial charge in [-0.05, 0) is 12.3 Å². The van der Waals surface area contributed by atoms with Crippen molar-refractivity contribution in [3.05, 3.63) is 0 Å². The molecule has 7 nitrogen and oxygen atoms in total. The Morgan fingerprint density at radius 3 is 2.23 bits per heavy atom. The molecule has 0 saturated heterocycles. The Bertz CT molecular complexity index is 436. The topological polar surface area (TPSA) is 110 Å². The Kier molecular flexibility index (Phi) is 13.5. The van der Waals surface area contributed by atoms with Crippen molar-refractivity contribution in [2.75, 3.05) is 13.7 Å². The molecule has 124 valence electrons. The third-order valence-corrected chi connectivity index (χ3v) is 4.25. The standard InChI is InChI=1S/C13H24O7S.Na/c1-4-6-7-10(5-2)9-20-13(15)11(21(16,17)18)8-12(14)19-3;/h10-11H,4-9H2,1-3H3,(H,16,17,18);/q;+1/p-1. The quantitative estimate of drug-likeness (QED) is 0.261. The molecule has 0 aromatic rings. The molecule has 9 heteroatoms. The number of esters is 2. The van der Waals surface area contributed by atoms with E-state index >= 15 is 0 Å². The van der Waals surface area contributed by atoms with E-state index in [9.17, 15) is 22.6 Å². The van der Waals surface area contributed by atoms with Gasteiger partial charge in [0.2, 0.25) is 0 Å². The molecular formula is C13H23NaO7S. The second-order valence-electron chi connectivity index (χ2n) is 4.81. The molecule has 0 amide bonds. The van der Waals surface area contributed by atoms with Crippen molar-refractivity contribution >= 4 is 22.1 Å². The predicted octanol–water partition coefficient (Wildman–Crippen LogP) is -1.77. The molecule has 0 fully saturated rings. The molecule has 0 aliphatic carbocycles. The number of rotatable bonds is 10. The third-order valence-electron chi connectivity index (χ3n) is 3.20. The fourth-order valence-corrected chi connectivity index (χ4v) is 2.37. The number of unbranched alkanes of at least 4 members (excludes halogenated alkanes) is 1.